The zero-order valence-electron chi connectivity index (χ0n) is 19.5. The van der Waals surface area contributed by atoms with Gasteiger partial charge in [-0.2, -0.15) is 41.0 Å². The van der Waals surface area contributed by atoms with Gasteiger partial charge >= 0.3 is 17.1 Å². The quantitative estimate of drug-likeness (QED) is 0.148. The van der Waals surface area contributed by atoms with Crippen LogP contribution >= 0.6 is 0 Å². The maximum Gasteiger partial charge on any atom is 2.00 e. The molecule has 0 nitrogen and oxygen atoms in total. The van der Waals surface area contributed by atoms with Crippen LogP contribution in [0.25, 0.3) is 0 Å². The van der Waals surface area contributed by atoms with Gasteiger partial charge in [-0.15, -0.1) is 0 Å². The molecule has 29 heavy (non-hydrogen) atoms. The molecule has 0 unspecified atom stereocenters. The zero-order chi connectivity index (χ0) is 20.3. The van der Waals surface area contributed by atoms with Crippen LogP contribution in [0.2, 0.25) is 0 Å². The van der Waals surface area contributed by atoms with Gasteiger partial charge in [0.1, 0.15) is 0 Å². The van der Waals surface area contributed by atoms with Crippen LogP contribution in [-0.4, -0.2) is 0 Å². The van der Waals surface area contributed by atoms with Gasteiger partial charge < -0.3 is 0 Å². The van der Waals surface area contributed by atoms with Crippen molar-refractivity contribution in [2.45, 2.75) is 117 Å². The minimum absolute atomic E-state index is 0. The van der Waals surface area contributed by atoms with Gasteiger partial charge in [0.2, 0.25) is 0 Å². The van der Waals surface area contributed by atoms with E-state index in [1.807, 2.05) is 0 Å². The Morgan fingerprint density at radius 1 is 0.724 bits per heavy atom. The van der Waals surface area contributed by atoms with Crippen molar-refractivity contribution < 1.29 is 17.1 Å². The summed E-state index contributed by atoms with van der Waals surface area (Å²) in [6.45, 7) is 6.80. The van der Waals surface area contributed by atoms with Crippen LogP contribution in [0.3, 0.4) is 0 Å². The summed E-state index contributed by atoms with van der Waals surface area (Å²) in [5, 5.41) is 0. The van der Waals surface area contributed by atoms with E-state index in [-0.39, 0.29) is 17.1 Å². The molecule has 0 saturated carbocycles. The van der Waals surface area contributed by atoms with Gasteiger partial charge in [-0.25, -0.2) is 18.2 Å². The summed E-state index contributed by atoms with van der Waals surface area (Å²) in [6.07, 6.45) is 20.3. The Labute approximate surface area is 193 Å². The average Bonchev–Trinajstić information content (AvgIpc) is 3.39. The van der Waals surface area contributed by atoms with Crippen molar-refractivity contribution in [3.8, 4) is 0 Å². The molecule has 0 aromatic heterocycles. The van der Waals surface area contributed by atoms with E-state index in [4.69, 9.17) is 0 Å². The first-order valence-electron chi connectivity index (χ1n) is 12.2. The largest absolute Gasteiger partial charge is 2.00 e. The monoisotopic (exact) mass is 438 g/mol. The maximum absolute atomic E-state index is 2.43. The minimum atomic E-state index is 0. The summed E-state index contributed by atoms with van der Waals surface area (Å²) in [7, 11) is 0. The Bertz CT molecular complexity index is 508. The number of hydrogen-bond acceptors (Lipinski definition) is 0. The average molecular weight is 439 g/mol. The Morgan fingerprint density at radius 2 is 1.34 bits per heavy atom. The van der Waals surface area contributed by atoms with Gasteiger partial charge in [-0.05, 0) is 0 Å². The van der Waals surface area contributed by atoms with Crippen LogP contribution in [0.4, 0.5) is 0 Å². The van der Waals surface area contributed by atoms with Crippen LogP contribution < -0.4 is 0 Å². The first-order valence-corrected chi connectivity index (χ1v) is 12.2. The van der Waals surface area contributed by atoms with Crippen molar-refractivity contribution in [1.29, 1.82) is 0 Å². The fraction of sp³-hybridized carbons (Fsp3) is 0.643. The Kier molecular flexibility index (Phi) is 19.9. The minimum Gasteiger partial charge on any atom is -0.213 e. The molecule has 0 N–H and O–H groups in total. The van der Waals surface area contributed by atoms with E-state index in [2.05, 4.69) is 63.2 Å². The number of rotatable bonds is 15. The Morgan fingerprint density at radius 3 is 1.93 bits per heavy atom. The molecular weight excluding hydrogens is 392 g/mol. The molecule has 0 fully saturated rings. The van der Waals surface area contributed by atoms with Gasteiger partial charge in [-0.1, -0.05) is 117 Å². The van der Waals surface area contributed by atoms with Gasteiger partial charge in [0.15, 0.2) is 0 Å². The fourth-order valence-electron chi connectivity index (χ4n) is 3.71. The van der Waals surface area contributed by atoms with Crippen LogP contribution in [-0.2, 0) is 36.3 Å². The fourth-order valence-corrected chi connectivity index (χ4v) is 3.71. The second-order valence-corrected chi connectivity index (χ2v) is 8.35. The normalized spacial score (nSPS) is 10.3. The molecule has 2 rings (SSSR count). The molecule has 0 aliphatic heterocycles. The molecule has 2 aromatic carbocycles. The van der Waals surface area contributed by atoms with Crippen molar-refractivity contribution in [3.05, 3.63) is 59.2 Å². The molecule has 0 spiro atoms. The van der Waals surface area contributed by atoms with E-state index in [0.29, 0.717) is 0 Å². The Balaban J connectivity index is 0.000000568. The summed E-state index contributed by atoms with van der Waals surface area (Å²) in [5.74, 6) is 0. The van der Waals surface area contributed by atoms with E-state index < -0.39 is 0 Å². The molecule has 0 atom stereocenters. The third kappa shape index (κ3) is 15.7. The van der Waals surface area contributed by atoms with Gasteiger partial charge in [0.25, 0.3) is 0 Å². The van der Waals surface area contributed by atoms with E-state index >= 15 is 0 Å². The molecule has 2 aromatic rings. The SMILES string of the molecule is CCCCCCc1cc[c-](CCCCCC)c1.CCCCCCc1ccc[cH-]1.[Fe+2]. The van der Waals surface area contributed by atoms with E-state index in [9.17, 15) is 0 Å². The zero-order valence-corrected chi connectivity index (χ0v) is 20.6. The van der Waals surface area contributed by atoms with Crippen molar-refractivity contribution >= 4 is 0 Å². The van der Waals surface area contributed by atoms with Crippen LogP contribution in [0.5, 0.6) is 0 Å². The second-order valence-electron chi connectivity index (χ2n) is 8.35. The van der Waals surface area contributed by atoms with Crippen molar-refractivity contribution in [2.24, 2.45) is 0 Å². The summed E-state index contributed by atoms with van der Waals surface area (Å²) in [6, 6.07) is 15.8. The predicted octanol–water partition coefficient (Wildman–Crippen LogP) is 9.18. The number of unbranched alkanes of at least 4 members (excludes halogenated alkanes) is 9. The Hall–Kier alpha value is -0.781. The number of aryl methyl sites for hydroxylation is 3. The summed E-state index contributed by atoms with van der Waals surface area (Å²) >= 11 is 0. The third-order valence-corrected chi connectivity index (χ3v) is 5.57. The standard InChI is InChI=1S/C17H29.C11H17.Fe/c1-3-5-7-9-11-16-13-14-17(15-16)12-10-8-6-4-2;1-2-3-4-5-8-11-9-6-7-10-11;/h13-15H,3-12H2,1-2H3;6-7,9-10H,2-5,8H2,1H3;/q2*-1;+2. The van der Waals surface area contributed by atoms with Crippen LogP contribution in [0.1, 0.15) is 115 Å². The third-order valence-electron chi connectivity index (χ3n) is 5.57. The molecule has 0 radical (unpaired) electrons. The van der Waals surface area contributed by atoms with E-state index in [1.165, 1.54) is 102 Å². The molecule has 0 amide bonds. The second kappa shape index (κ2) is 20.5. The molecule has 0 aliphatic rings. The predicted molar refractivity (Wildman–Crippen MR) is 128 cm³/mol. The summed E-state index contributed by atoms with van der Waals surface area (Å²) < 4.78 is 0. The topological polar surface area (TPSA) is 0 Å². The molecule has 0 heterocycles. The van der Waals surface area contributed by atoms with E-state index in [0.717, 1.165) is 0 Å². The van der Waals surface area contributed by atoms with Crippen LogP contribution in [0.15, 0.2) is 42.5 Å². The molecule has 1 heteroatoms. The van der Waals surface area contributed by atoms with Crippen molar-refractivity contribution in [1.82, 2.24) is 0 Å². The first-order chi connectivity index (χ1) is 13.8. The van der Waals surface area contributed by atoms with Crippen molar-refractivity contribution in [2.75, 3.05) is 0 Å². The van der Waals surface area contributed by atoms with Crippen LogP contribution in [0, 0.1) is 0 Å². The molecular formula is C28H46Fe. The number of hydrogen-bond donors (Lipinski definition) is 0. The van der Waals surface area contributed by atoms with Gasteiger partial charge in [-0.3, -0.25) is 0 Å². The molecule has 166 valence electrons. The smallest absolute Gasteiger partial charge is 0.213 e. The first kappa shape index (κ1) is 28.2. The van der Waals surface area contributed by atoms with Gasteiger partial charge in [0, 0.05) is 0 Å². The molecule has 0 aliphatic carbocycles. The summed E-state index contributed by atoms with van der Waals surface area (Å²) in [5.41, 5.74) is 4.62. The van der Waals surface area contributed by atoms with E-state index in [1.54, 1.807) is 11.1 Å². The molecule has 0 bridgehead atoms. The van der Waals surface area contributed by atoms with Crippen molar-refractivity contribution in [3.63, 3.8) is 0 Å². The molecule has 0 saturated heterocycles. The van der Waals surface area contributed by atoms with Gasteiger partial charge in [0.05, 0.1) is 0 Å². The maximum atomic E-state index is 2.43. The summed E-state index contributed by atoms with van der Waals surface area (Å²) in [4.78, 5) is 0.